The van der Waals surface area contributed by atoms with E-state index in [0.29, 0.717) is 0 Å². The number of halogens is 1. The molecule has 1 nitrogen and oxygen atoms in total. The maximum absolute atomic E-state index is 3.53. The highest BCUT2D eigenvalue weighted by Gasteiger charge is 2.15. The van der Waals surface area contributed by atoms with E-state index in [2.05, 4.69) is 66.8 Å². The first-order valence-corrected chi connectivity index (χ1v) is 5.97. The minimum atomic E-state index is 0.213. The molecule has 1 N–H and O–H groups in total. The van der Waals surface area contributed by atoms with Gasteiger partial charge in [-0.15, -0.1) is 0 Å². The van der Waals surface area contributed by atoms with E-state index in [-0.39, 0.29) is 5.41 Å². The third-order valence-corrected chi connectivity index (χ3v) is 3.66. The van der Waals surface area contributed by atoms with Crippen molar-refractivity contribution in [3.63, 3.8) is 0 Å². The number of aryl methyl sites for hydroxylation is 1. The van der Waals surface area contributed by atoms with Gasteiger partial charge in [0.1, 0.15) is 0 Å². The second-order valence-corrected chi connectivity index (χ2v) is 5.87. The summed E-state index contributed by atoms with van der Waals surface area (Å²) in [6, 6.07) is 6.64. The lowest BCUT2D eigenvalue weighted by molar-refractivity contribution is 0.591. The summed E-state index contributed by atoms with van der Waals surface area (Å²) in [7, 11) is 0. The summed E-state index contributed by atoms with van der Waals surface area (Å²) in [4.78, 5) is 3.32. The van der Waals surface area contributed by atoms with Crippen LogP contribution >= 0.6 is 15.9 Å². The van der Waals surface area contributed by atoms with E-state index in [9.17, 15) is 0 Å². The summed E-state index contributed by atoms with van der Waals surface area (Å²) in [6.45, 7) is 8.86. The van der Waals surface area contributed by atoms with E-state index >= 15 is 0 Å². The first-order chi connectivity index (χ1) is 6.89. The number of benzene rings is 1. The summed E-state index contributed by atoms with van der Waals surface area (Å²) < 4.78 is 1.09. The van der Waals surface area contributed by atoms with Gasteiger partial charge in [-0.3, -0.25) is 0 Å². The molecule has 2 aromatic rings. The molecule has 0 unspecified atom stereocenters. The van der Waals surface area contributed by atoms with Crippen LogP contribution in [0.3, 0.4) is 0 Å². The first-order valence-electron chi connectivity index (χ1n) is 5.18. The van der Waals surface area contributed by atoms with Gasteiger partial charge in [-0.25, -0.2) is 0 Å². The summed E-state index contributed by atoms with van der Waals surface area (Å²) in [6.07, 6.45) is 0. The highest BCUT2D eigenvalue weighted by atomic mass is 79.9. The van der Waals surface area contributed by atoms with Crippen molar-refractivity contribution in [2.75, 3.05) is 0 Å². The lowest BCUT2D eigenvalue weighted by atomic mass is 9.86. The van der Waals surface area contributed by atoms with Gasteiger partial charge < -0.3 is 4.98 Å². The Labute approximate surface area is 99.0 Å². The van der Waals surface area contributed by atoms with Gasteiger partial charge in [-0.05, 0) is 51.5 Å². The fraction of sp³-hybridized carbons (Fsp3) is 0.385. The van der Waals surface area contributed by atoms with Crippen LogP contribution in [0.2, 0.25) is 0 Å². The summed E-state index contributed by atoms with van der Waals surface area (Å²) in [5.74, 6) is 0. The molecule has 0 radical (unpaired) electrons. The molecule has 15 heavy (non-hydrogen) atoms. The number of aromatic amines is 1. The number of H-pyrrole nitrogens is 1. The average Bonchev–Trinajstić information content (AvgIpc) is 2.41. The van der Waals surface area contributed by atoms with Gasteiger partial charge in [0.05, 0.1) is 4.60 Å². The van der Waals surface area contributed by atoms with Crippen molar-refractivity contribution in [3.05, 3.63) is 33.9 Å². The number of rotatable bonds is 0. The Bertz CT molecular complexity index is 503. The summed E-state index contributed by atoms with van der Waals surface area (Å²) in [5, 5.41) is 1.31. The highest BCUT2D eigenvalue weighted by Crippen LogP contribution is 2.30. The second-order valence-electron chi connectivity index (χ2n) is 5.07. The zero-order valence-electron chi connectivity index (χ0n) is 9.61. The van der Waals surface area contributed by atoms with Crippen LogP contribution in [-0.4, -0.2) is 4.98 Å². The van der Waals surface area contributed by atoms with Crippen LogP contribution in [0.25, 0.3) is 10.9 Å². The van der Waals surface area contributed by atoms with Crippen LogP contribution in [0.15, 0.2) is 22.8 Å². The van der Waals surface area contributed by atoms with Crippen molar-refractivity contribution in [2.45, 2.75) is 33.1 Å². The van der Waals surface area contributed by atoms with Crippen LogP contribution < -0.4 is 0 Å². The first kappa shape index (κ1) is 10.7. The molecule has 0 atom stereocenters. The van der Waals surface area contributed by atoms with Gasteiger partial charge in [0, 0.05) is 10.9 Å². The van der Waals surface area contributed by atoms with Crippen LogP contribution in [0.4, 0.5) is 0 Å². The van der Waals surface area contributed by atoms with E-state index in [1.54, 1.807) is 0 Å². The molecule has 0 aliphatic heterocycles. The van der Waals surface area contributed by atoms with Crippen molar-refractivity contribution in [3.8, 4) is 0 Å². The molecule has 0 amide bonds. The highest BCUT2D eigenvalue weighted by molar-refractivity contribution is 9.10. The largest absolute Gasteiger partial charge is 0.349 e. The SMILES string of the molecule is Cc1c(Br)[nH]c2ccc(C(C)(C)C)cc12. The number of fused-ring (bicyclic) bond motifs is 1. The van der Waals surface area contributed by atoms with E-state index in [1.807, 2.05) is 0 Å². The van der Waals surface area contributed by atoms with Crippen LogP contribution in [-0.2, 0) is 5.41 Å². The molecule has 0 saturated heterocycles. The van der Waals surface area contributed by atoms with Crippen molar-refractivity contribution in [1.82, 2.24) is 4.98 Å². The Kier molecular flexibility index (Phi) is 2.42. The van der Waals surface area contributed by atoms with Crippen molar-refractivity contribution >= 4 is 26.8 Å². The third kappa shape index (κ3) is 1.83. The molecule has 1 aromatic carbocycles. The minimum absolute atomic E-state index is 0.213. The predicted octanol–water partition coefficient (Wildman–Crippen LogP) is 4.54. The Morgan fingerprint density at radius 1 is 1.20 bits per heavy atom. The van der Waals surface area contributed by atoms with Gasteiger partial charge in [0.25, 0.3) is 0 Å². The zero-order chi connectivity index (χ0) is 11.2. The maximum Gasteiger partial charge on any atom is 0.0860 e. The Morgan fingerprint density at radius 3 is 2.47 bits per heavy atom. The monoisotopic (exact) mass is 265 g/mol. The molecule has 1 heterocycles. The van der Waals surface area contributed by atoms with Gasteiger partial charge in [0.15, 0.2) is 0 Å². The Balaban J connectivity index is 2.70. The molecule has 0 aliphatic carbocycles. The minimum Gasteiger partial charge on any atom is -0.349 e. The van der Waals surface area contributed by atoms with Crippen LogP contribution in [0.1, 0.15) is 31.9 Å². The van der Waals surface area contributed by atoms with Gasteiger partial charge >= 0.3 is 0 Å². The van der Waals surface area contributed by atoms with Crippen molar-refractivity contribution < 1.29 is 0 Å². The van der Waals surface area contributed by atoms with E-state index in [4.69, 9.17) is 0 Å². The van der Waals surface area contributed by atoms with Gasteiger partial charge in [0.2, 0.25) is 0 Å². The normalized spacial score (nSPS) is 12.3. The number of nitrogens with one attached hydrogen (secondary N) is 1. The average molecular weight is 266 g/mol. The second kappa shape index (κ2) is 3.38. The quantitative estimate of drug-likeness (QED) is 0.720. The molecule has 0 aliphatic rings. The fourth-order valence-corrected chi connectivity index (χ4v) is 2.19. The lowest BCUT2D eigenvalue weighted by Crippen LogP contribution is -2.10. The topological polar surface area (TPSA) is 15.8 Å². The standard InChI is InChI=1S/C13H16BrN/c1-8-10-7-9(13(2,3)4)5-6-11(10)15-12(8)14/h5-7,15H,1-4H3. The van der Waals surface area contributed by atoms with E-state index < -0.39 is 0 Å². The van der Waals surface area contributed by atoms with Crippen molar-refractivity contribution in [1.29, 1.82) is 0 Å². The molecule has 0 spiro atoms. The van der Waals surface area contributed by atoms with Crippen LogP contribution in [0, 0.1) is 6.92 Å². The summed E-state index contributed by atoms with van der Waals surface area (Å²) in [5.41, 5.74) is 4.08. The number of hydrogen-bond donors (Lipinski definition) is 1. The molecule has 80 valence electrons. The molecule has 2 rings (SSSR count). The van der Waals surface area contributed by atoms with Crippen molar-refractivity contribution in [2.24, 2.45) is 0 Å². The maximum atomic E-state index is 3.53. The number of hydrogen-bond acceptors (Lipinski definition) is 0. The molecule has 0 saturated carbocycles. The van der Waals surface area contributed by atoms with E-state index in [1.165, 1.54) is 22.0 Å². The molecular weight excluding hydrogens is 250 g/mol. The lowest BCUT2D eigenvalue weighted by Gasteiger charge is -2.18. The zero-order valence-corrected chi connectivity index (χ0v) is 11.2. The Morgan fingerprint density at radius 2 is 1.87 bits per heavy atom. The third-order valence-electron chi connectivity index (χ3n) is 2.86. The van der Waals surface area contributed by atoms with Gasteiger partial charge in [-0.1, -0.05) is 26.8 Å². The van der Waals surface area contributed by atoms with Crippen LogP contribution in [0.5, 0.6) is 0 Å². The fourth-order valence-electron chi connectivity index (χ4n) is 1.76. The Hall–Kier alpha value is -0.760. The number of aromatic nitrogens is 1. The molecule has 2 heteroatoms. The van der Waals surface area contributed by atoms with Gasteiger partial charge in [-0.2, -0.15) is 0 Å². The molecule has 0 fully saturated rings. The summed E-state index contributed by atoms with van der Waals surface area (Å²) >= 11 is 3.53. The molecule has 0 bridgehead atoms. The molecular formula is C13H16BrN. The predicted molar refractivity (Wildman–Crippen MR) is 69.4 cm³/mol. The smallest absolute Gasteiger partial charge is 0.0860 e. The van der Waals surface area contributed by atoms with E-state index in [0.717, 1.165) is 4.60 Å². The molecule has 1 aromatic heterocycles.